The van der Waals surface area contributed by atoms with Gasteiger partial charge >= 0.3 is 0 Å². The number of ketones is 1. The van der Waals surface area contributed by atoms with E-state index in [1.165, 1.54) is 17.4 Å². The van der Waals surface area contributed by atoms with E-state index in [0.29, 0.717) is 44.8 Å². The molecule has 13 heteroatoms. The Labute approximate surface area is 250 Å². The third-order valence-corrected chi connectivity index (χ3v) is 9.16. The van der Waals surface area contributed by atoms with Gasteiger partial charge in [0.05, 0.1) is 28.2 Å². The zero-order valence-corrected chi connectivity index (χ0v) is 24.7. The third kappa shape index (κ3) is 5.63. The molecule has 0 saturated heterocycles. The van der Waals surface area contributed by atoms with Crippen LogP contribution in [0.2, 0.25) is 0 Å². The topological polar surface area (TPSA) is 168 Å². The van der Waals surface area contributed by atoms with Crippen molar-refractivity contribution in [3.8, 4) is 6.07 Å². The summed E-state index contributed by atoms with van der Waals surface area (Å²) in [7, 11) is 0. The van der Waals surface area contributed by atoms with Crippen LogP contribution in [0.25, 0.3) is 0 Å². The van der Waals surface area contributed by atoms with E-state index in [9.17, 15) is 25.0 Å². The van der Waals surface area contributed by atoms with E-state index in [1.54, 1.807) is 24.0 Å². The molecule has 214 valence electrons. The number of Topliss-reactive ketones (excluding diaryl/α,β-unsaturated/α-hetero) is 1. The number of anilines is 2. The molecular formula is C29H27N7O4S2. The van der Waals surface area contributed by atoms with E-state index in [-0.39, 0.29) is 39.9 Å². The summed E-state index contributed by atoms with van der Waals surface area (Å²) in [4.78, 5) is 38.6. The first-order valence-electron chi connectivity index (χ1n) is 13.0. The molecule has 11 nitrogen and oxygen atoms in total. The molecule has 2 aromatic carbocycles. The van der Waals surface area contributed by atoms with Crippen molar-refractivity contribution in [3.63, 3.8) is 0 Å². The number of nitro groups is 1. The first-order valence-corrected chi connectivity index (χ1v) is 14.8. The second-order valence-corrected chi connectivity index (χ2v) is 13.0. The van der Waals surface area contributed by atoms with Crippen LogP contribution in [0.4, 0.5) is 16.5 Å². The van der Waals surface area contributed by atoms with Gasteiger partial charge < -0.3 is 11.1 Å². The highest BCUT2D eigenvalue weighted by atomic mass is 32.2. The zero-order valence-electron chi connectivity index (χ0n) is 23.1. The molecule has 2 heterocycles. The lowest BCUT2D eigenvalue weighted by atomic mass is 9.69. The predicted molar refractivity (Wildman–Crippen MR) is 161 cm³/mol. The van der Waals surface area contributed by atoms with Crippen molar-refractivity contribution >= 4 is 51.3 Å². The van der Waals surface area contributed by atoms with Crippen LogP contribution >= 0.6 is 23.1 Å². The van der Waals surface area contributed by atoms with Gasteiger partial charge in [-0.15, -0.1) is 10.2 Å². The van der Waals surface area contributed by atoms with Gasteiger partial charge in [-0.05, 0) is 30.4 Å². The number of thioether (sulfide) groups is 1. The molecule has 5 rings (SSSR count). The third-order valence-electron chi connectivity index (χ3n) is 7.12. The van der Waals surface area contributed by atoms with Crippen molar-refractivity contribution < 1.29 is 14.5 Å². The molecule has 1 aromatic heterocycles. The van der Waals surface area contributed by atoms with Crippen molar-refractivity contribution in [2.45, 2.75) is 43.9 Å². The fourth-order valence-corrected chi connectivity index (χ4v) is 6.95. The number of nitrogens with zero attached hydrogens (tertiary/aromatic N) is 5. The molecule has 0 saturated carbocycles. The number of nitrogens with two attached hydrogens (primary N) is 1. The van der Waals surface area contributed by atoms with E-state index in [4.69, 9.17) is 5.73 Å². The van der Waals surface area contributed by atoms with Crippen LogP contribution in [0.1, 0.15) is 43.7 Å². The number of nitriles is 1. The van der Waals surface area contributed by atoms with Crippen molar-refractivity contribution in [2.75, 3.05) is 16.0 Å². The van der Waals surface area contributed by atoms with Crippen LogP contribution < -0.4 is 16.0 Å². The number of rotatable bonds is 7. The van der Waals surface area contributed by atoms with Gasteiger partial charge in [-0.1, -0.05) is 73.3 Å². The predicted octanol–water partition coefficient (Wildman–Crippen LogP) is 5.43. The van der Waals surface area contributed by atoms with Crippen molar-refractivity contribution in [3.05, 3.63) is 92.4 Å². The summed E-state index contributed by atoms with van der Waals surface area (Å²) < 4.78 is 0.482. The SMILES string of the molecule is Cc1ccc(NC(=O)CSc2nnc(N3C(N)=C(C#N)C(c4ccccc4)C4=C3CC(C)(C)CC4=O)s2)cc1[N+](=O)[O-]. The van der Waals surface area contributed by atoms with Gasteiger partial charge in [0, 0.05) is 35.0 Å². The molecule has 1 aliphatic heterocycles. The second kappa shape index (κ2) is 11.4. The maximum atomic E-state index is 13.6. The number of amides is 1. The fourth-order valence-electron chi connectivity index (χ4n) is 5.27. The fraction of sp³-hybridized carbons (Fsp3) is 0.276. The van der Waals surface area contributed by atoms with Crippen molar-refractivity contribution in [1.29, 1.82) is 5.26 Å². The molecule has 1 atom stereocenters. The molecule has 42 heavy (non-hydrogen) atoms. The largest absolute Gasteiger partial charge is 0.384 e. The Morgan fingerprint density at radius 2 is 2.00 bits per heavy atom. The number of carbonyl (C=O) groups is 2. The quantitative estimate of drug-likeness (QED) is 0.202. The van der Waals surface area contributed by atoms with Gasteiger partial charge in [-0.2, -0.15) is 5.26 Å². The summed E-state index contributed by atoms with van der Waals surface area (Å²) in [6.45, 7) is 5.67. The first kappa shape index (κ1) is 29.0. The minimum absolute atomic E-state index is 0.0133. The molecule has 0 fully saturated rings. The maximum absolute atomic E-state index is 13.6. The Bertz CT molecular complexity index is 1710. The molecule has 0 radical (unpaired) electrons. The standard InChI is InChI=1S/C29H27N7O4S2/c1-16-9-10-18(11-20(16)36(39)40)32-23(38)15-41-28-34-33-27(42-28)35-21-12-29(2,3)13-22(37)25(21)24(19(14-30)26(35)31)17-7-5-4-6-8-17/h4-11,24H,12-13,15,31H2,1-3H3,(H,32,38). The van der Waals surface area contributed by atoms with Crippen LogP contribution in [-0.4, -0.2) is 32.6 Å². The van der Waals surface area contributed by atoms with Gasteiger partial charge in [0.1, 0.15) is 5.82 Å². The molecule has 1 amide bonds. The molecule has 3 aromatic rings. The maximum Gasteiger partial charge on any atom is 0.274 e. The monoisotopic (exact) mass is 601 g/mol. The second-order valence-electron chi connectivity index (χ2n) is 10.8. The smallest absolute Gasteiger partial charge is 0.274 e. The van der Waals surface area contributed by atoms with Gasteiger partial charge in [0.2, 0.25) is 11.0 Å². The van der Waals surface area contributed by atoms with Gasteiger partial charge in [-0.25, -0.2) is 0 Å². The van der Waals surface area contributed by atoms with Crippen LogP contribution in [0.5, 0.6) is 0 Å². The van der Waals surface area contributed by atoms with Gasteiger partial charge in [0.25, 0.3) is 5.69 Å². The van der Waals surface area contributed by atoms with Crippen LogP contribution in [0.3, 0.4) is 0 Å². The number of hydrogen-bond acceptors (Lipinski definition) is 11. The lowest BCUT2D eigenvalue weighted by Gasteiger charge is -2.42. The Kier molecular flexibility index (Phi) is 7.85. The molecule has 0 spiro atoms. The minimum atomic E-state index is -0.575. The number of allylic oxidation sites excluding steroid dienone is 3. The molecule has 3 N–H and O–H groups in total. The number of nitrogens with one attached hydrogen (secondary N) is 1. The normalized spacial score (nSPS) is 18.0. The Balaban J connectivity index is 1.42. The molecule has 1 unspecified atom stereocenters. The summed E-state index contributed by atoms with van der Waals surface area (Å²) >= 11 is 2.34. The lowest BCUT2D eigenvalue weighted by molar-refractivity contribution is -0.385. The molecule has 1 aliphatic carbocycles. The minimum Gasteiger partial charge on any atom is -0.384 e. The van der Waals surface area contributed by atoms with Gasteiger partial charge in [0.15, 0.2) is 10.1 Å². The molecule has 0 bridgehead atoms. The van der Waals surface area contributed by atoms with Crippen molar-refractivity contribution in [1.82, 2.24) is 10.2 Å². The average Bonchev–Trinajstić information content (AvgIpc) is 3.40. The van der Waals surface area contributed by atoms with E-state index in [0.717, 1.165) is 17.3 Å². The van der Waals surface area contributed by atoms with E-state index in [2.05, 4.69) is 21.6 Å². The van der Waals surface area contributed by atoms with Gasteiger partial charge in [-0.3, -0.25) is 24.6 Å². The van der Waals surface area contributed by atoms with Crippen LogP contribution in [0.15, 0.2) is 75.5 Å². The number of aryl methyl sites for hydroxylation is 1. The summed E-state index contributed by atoms with van der Waals surface area (Å²) in [5, 5.41) is 33.0. The number of carbonyl (C=O) groups excluding carboxylic acids is 2. The highest BCUT2D eigenvalue weighted by Crippen LogP contribution is 2.50. The summed E-state index contributed by atoms with van der Waals surface area (Å²) in [5.41, 5.74) is 9.39. The average molecular weight is 602 g/mol. The summed E-state index contributed by atoms with van der Waals surface area (Å²) in [5.74, 6) is -0.793. The Morgan fingerprint density at radius 1 is 1.26 bits per heavy atom. The Morgan fingerprint density at radius 3 is 2.69 bits per heavy atom. The summed E-state index contributed by atoms with van der Waals surface area (Å²) in [6.07, 6.45) is 0.891. The number of hydrogen-bond donors (Lipinski definition) is 2. The Hall–Kier alpha value is -4.54. The van der Waals surface area contributed by atoms with E-state index in [1.807, 2.05) is 44.2 Å². The van der Waals surface area contributed by atoms with E-state index < -0.39 is 10.8 Å². The highest BCUT2D eigenvalue weighted by molar-refractivity contribution is 8.01. The van der Waals surface area contributed by atoms with E-state index >= 15 is 0 Å². The van der Waals surface area contributed by atoms with Crippen LogP contribution in [0, 0.1) is 33.8 Å². The first-order chi connectivity index (χ1) is 20.0. The lowest BCUT2D eigenvalue weighted by Crippen LogP contribution is -2.42. The number of aromatic nitrogens is 2. The molecule has 2 aliphatic rings. The summed E-state index contributed by atoms with van der Waals surface area (Å²) in [6, 6.07) is 16.1. The zero-order chi connectivity index (χ0) is 30.2. The van der Waals surface area contributed by atoms with Crippen molar-refractivity contribution in [2.24, 2.45) is 11.1 Å². The van der Waals surface area contributed by atoms with Crippen LogP contribution in [-0.2, 0) is 9.59 Å². The number of nitro benzene ring substituents is 1. The number of benzene rings is 2. The molecular weight excluding hydrogens is 574 g/mol. The highest BCUT2D eigenvalue weighted by Gasteiger charge is 2.45.